The Morgan fingerprint density at radius 1 is 1.65 bits per heavy atom. The first-order chi connectivity index (χ1) is 9.54. The van der Waals surface area contributed by atoms with Crippen LogP contribution in [0.2, 0.25) is 0 Å². The molecule has 1 fully saturated rings. The predicted octanol–water partition coefficient (Wildman–Crippen LogP) is 1.34. The van der Waals surface area contributed by atoms with Crippen molar-refractivity contribution >= 4 is 17.2 Å². The maximum atomic E-state index is 11.9. The molecule has 1 aromatic rings. The molecule has 0 aliphatic carbocycles. The topological polar surface area (TPSA) is 65.5 Å². The number of amides is 1. The van der Waals surface area contributed by atoms with E-state index in [4.69, 9.17) is 0 Å². The van der Waals surface area contributed by atoms with Crippen LogP contribution in [0.4, 0.5) is 0 Å². The van der Waals surface area contributed by atoms with Crippen molar-refractivity contribution in [2.75, 3.05) is 19.6 Å². The zero-order chi connectivity index (χ0) is 14.5. The Morgan fingerprint density at radius 2 is 2.45 bits per heavy atom. The van der Waals surface area contributed by atoms with Gasteiger partial charge in [-0.3, -0.25) is 9.69 Å². The molecule has 1 saturated heterocycles. The van der Waals surface area contributed by atoms with E-state index >= 15 is 0 Å². The highest BCUT2D eigenvalue weighted by Gasteiger charge is 2.19. The summed E-state index contributed by atoms with van der Waals surface area (Å²) in [4.78, 5) is 18.4. The Kier molecular flexibility index (Phi) is 5.51. The van der Waals surface area contributed by atoms with E-state index in [0.717, 1.165) is 30.1 Å². The molecule has 1 amide bonds. The molecular weight excluding hydrogens is 274 g/mol. The number of thiazole rings is 1. The summed E-state index contributed by atoms with van der Waals surface area (Å²) in [5.41, 5.74) is 0.922. The van der Waals surface area contributed by atoms with Crippen LogP contribution in [-0.4, -0.2) is 46.6 Å². The number of aromatic nitrogens is 1. The fraction of sp³-hybridized carbons (Fsp3) is 0.714. The second-order valence-corrected chi connectivity index (χ2v) is 6.53. The van der Waals surface area contributed by atoms with Crippen LogP contribution < -0.4 is 5.32 Å². The van der Waals surface area contributed by atoms with Crippen LogP contribution in [0.5, 0.6) is 0 Å². The van der Waals surface area contributed by atoms with Gasteiger partial charge in [-0.15, -0.1) is 11.3 Å². The first-order valence-electron chi connectivity index (χ1n) is 7.16. The highest BCUT2D eigenvalue weighted by Crippen LogP contribution is 2.18. The second kappa shape index (κ2) is 7.15. The van der Waals surface area contributed by atoms with Crippen molar-refractivity contribution in [2.45, 2.75) is 45.3 Å². The summed E-state index contributed by atoms with van der Waals surface area (Å²) in [5.74, 6) is 0.428. The minimum atomic E-state index is -0.288. The minimum absolute atomic E-state index is 0.00167. The smallest absolute Gasteiger partial charge is 0.234 e. The molecule has 0 aromatic carbocycles. The Labute approximate surface area is 124 Å². The highest BCUT2D eigenvalue weighted by molar-refractivity contribution is 7.09. The number of likely N-dealkylation sites (tertiary alicyclic amines) is 1. The van der Waals surface area contributed by atoms with Gasteiger partial charge >= 0.3 is 0 Å². The fourth-order valence-corrected chi connectivity index (χ4v) is 3.13. The fourth-order valence-electron chi connectivity index (χ4n) is 2.29. The first-order valence-corrected chi connectivity index (χ1v) is 8.04. The van der Waals surface area contributed by atoms with Gasteiger partial charge in [0.2, 0.25) is 5.91 Å². The van der Waals surface area contributed by atoms with Gasteiger partial charge in [0.05, 0.1) is 29.9 Å². The van der Waals surface area contributed by atoms with Crippen molar-refractivity contribution in [3.05, 3.63) is 16.1 Å². The normalized spacial score (nSPS) is 20.3. The zero-order valence-electron chi connectivity index (χ0n) is 12.1. The summed E-state index contributed by atoms with van der Waals surface area (Å²) >= 11 is 1.64. The quantitative estimate of drug-likeness (QED) is 0.861. The predicted molar refractivity (Wildman–Crippen MR) is 79.7 cm³/mol. The number of aliphatic hydroxyl groups excluding tert-OH is 1. The number of piperidine rings is 1. The van der Waals surface area contributed by atoms with Crippen molar-refractivity contribution in [1.29, 1.82) is 0 Å². The van der Waals surface area contributed by atoms with Crippen LogP contribution in [0, 0.1) is 0 Å². The van der Waals surface area contributed by atoms with Crippen molar-refractivity contribution in [1.82, 2.24) is 15.2 Å². The Morgan fingerprint density at radius 3 is 3.10 bits per heavy atom. The van der Waals surface area contributed by atoms with Crippen molar-refractivity contribution < 1.29 is 9.90 Å². The van der Waals surface area contributed by atoms with Gasteiger partial charge in [-0.2, -0.15) is 0 Å². The van der Waals surface area contributed by atoms with E-state index in [0.29, 0.717) is 25.6 Å². The molecule has 1 aromatic heterocycles. The molecule has 0 unspecified atom stereocenters. The van der Waals surface area contributed by atoms with Gasteiger partial charge in [0.15, 0.2) is 0 Å². The van der Waals surface area contributed by atoms with E-state index in [2.05, 4.69) is 24.1 Å². The summed E-state index contributed by atoms with van der Waals surface area (Å²) < 4.78 is 0. The van der Waals surface area contributed by atoms with Crippen LogP contribution in [0.15, 0.2) is 5.38 Å². The maximum Gasteiger partial charge on any atom is 0.234 e. The van der Waals surface area contributed by atoms with Gasteiger partial charge < -0.3 is 10.4 Å². The SMILES string of the molecule is CC(C)c1nc(CNC(=O)CN2CCC[C@H](O)C2)cs1. The molecule has 0 radical (unpaired) electrons. The molecule has 5 nitrogen and oxygen atoms in total. The number of β-amino-alcohol motifs (C(OH)–C–C–N with tert-alkyl or cyclic N) is 1. The third kappa shape index (κ3) is 4.54. The number of hydrogen-bond acceptors (Lipinski definition) is 5. The van der Waals surface area contributed by atoms with Crippen LogP contribution in [0.1, 0.15) is 43.3 Å². The number of carbonyl (C=O) groups excluding carboxylic acids is 1. The number of rotatable bonds is 5. The lowest BCUT2D eigenvalue weighted by Gasteiger charge is -2.29. The van der Waals surface area contributed by atoms with Crippen molar-refractivity contribution in [2.24, 2.45) is 0 Å². The van der Waals surface area contributed by atoms with Crippen molar-refractivity contribution in [3.63, 3.8) is 0 Å². The highest BCUT2D eigenvalue weighted by atomic mass is 32.1. The number of carbonyl (C=O) groups is 1. The minimum Gasteiger partial charge on any atom is -0.392 e. The van der Waals surface area contributed by atoms with E-state index in [1.807, 2.05) is 10.3 Å². The molecule has 2 heterocycles. The van der Waals surface area contributed by atoms with Gasteiger partial charge in [0.1, 0.15) is 0 Å². The molecule has 6 heteroatoms. The molecule has 112 valence electrons. The van der Waals surface area contributed by atoms with E-state index in [1.165, 1.54) is 0 Å². The first kappa shape index (κ1) is 15.4. The summed E-state index contributed by atoms with van der Waals surface area (Å²) in [6, 6.07) is 0. The second-order valence-electron chi connectivity index (χ2n) is 5.64. The molecule has 20 heavy (non-hydrogen) atoms. The van der Waals surface area contributed by atoms with Crippen LogP contribution in [-0.2, 0) is 11.3 Å². The van der Waals surface area contributed by atoms with E-state index in [-0.39, 0.29) is 12.0 Å². The molecule has 2 rings (SSSR count). The van der Waals surface area contributed by atoms with Crippen LogP contribution >= 0.6 is 11.3 Å². The summed E-state index contributed by atoms with van der Waals surface area (Å²) in [5, 5.41) is 15.6. The summed E-state index contributed by atoms with van der Waals surface area (Å²) in [7, 11) is 0. The zero-order valence-corrected chi connectivity index (χ0v) is 12.9. The molecule has 0 bridgehead atoms. The largest absolute Gasteiger partial charge is 0.392 e. The number of nitrogens with one attached hydrogen (secondary N) is 1. The lowest BCUT2D eigenvalue weighted by atomic mass is 10.1. The molecule has 0 saturated carbocycles. The van der Waals surface area contributed by atoms with Gasteiger partial charge in [-0.05, 0) is 19.4 Å². The Bertz CT molecular complexity index is 447. The van der Waals surface area contributed by atoms with Gasteiger partial charge in [0.25, 0.3) is 0 Å². The lowest BCUT2D eigenvalue weighted by molar-refractivity contribution is -0.123. The van der Waals surface area contributed by atoms with Gasteiger partial charge in [-0.1, -0.05) is 13.8 Å². The van der Waals surface area contributed by atoms with Crippen molar-refractivity contribution in [3.8, 4) is 0 Å². The number of aliphatic hydroxyl groups is 1. The molecule has 1 aliphatic rings. The number of hydrogen-bond donors (Lipinski definition) is 2. The summed E-state index contributed by atoms with van der Waals surface area (Å²) in [6.07, 6.45) is 1.51. The molecule has 1 aliphatic heterocycles. The van der Waals surface area contributed by atoms with Gasteiger partial charge in [0, 0.05) is 17.8 Å². The maximum absolute atomic E-state index is 11.9. The summed E-state index contributed by atoms with van der Waals surface area (Å²) in [6.45, 7) is 6.56. The Hall–Kier alpha value is -0.980. The van der Waals surface area contributed by atoms with Crippen LogP contribution in [0.3, 0.4) is 0 Å². The molecule has 1 atom stereocenters. The van der Waals surface area contributed by atoms with E-state index in [9.17, 15) is 9.90 Å². The van der Waals surface area contributed by atoms with E-state index < -0.39 is 0 Å². The third-order valence-electron chi connectivity index (χ3n) is 3.38. The number of nitrogens with zero attached hydrogens (tertiary/aromatic N) is 2. The monoisotopic (exact) mass is 297 g/mol. The third-order valence-corrected chi connectivity index (χ3v) is 4.57. The molecule has 2 N–H and O–H groups in total. The van der Waals surface area contributed by atoms with Crippen LogP contribution in [0.25, 0.3) is 0 Å². The molecule has 0 spiro atoms. The van der Waals surface area contributed by atoms with Gasteiger partial charge in [-0.25, -0.2) is 4.98 Å². The lowest BCUT2D eigenvalue weighted by Crippen LogP contribution is -2.44. The average Bonchev–Trinajstić information content (AvgIpc) is 2.85. The molecular formula is C14H23N3O2S. The average molecular weight is 297 g/mol. The Balaban J connectivity index is 1.74. The van der Waals surface area contributed by atoms with E-state index in [1.54, 1.807) is 11.3 Å². The standard InChI is InChI=1S/C14H23N3O2S/c1-10(2)14-16-11(9-20-14)6-15-13(19)8-17-5-3-4-12(18)7-17/h9-10,12,18H,3-8H2,1-2H3,(H,15,19)/t12-/m0/s1.